The summed E-state index contributed by atoms with van der Waals surface area (Å²) >= 11 is 5.32. The molecule has 3 N–H and O–H groups in total. The number of rotatable bonds is 2. The average molecular weight is 369 g/mol. The van der Waals surface area contributed by atoms with E-state index in [9.17, 15) is 8.78 Å². The molecule has 0 fully saturated rings. The van der Waals surface area contributed by atoms with E-state index in [1.165, 1.54) is 20.3 Å². The van der Waals surface area contributed by atoms with Crippen LogP contribution in [-0.4, -0.2) is 24.3 Å². The maximum absolute atomic E-state index is 13.2. The number of nitrogens with zero attached hydrogens (tertiary/aromatic N) is 1. The van der Waals surface area contributed by atoms with E-state index in [4.69, 9.17) is 31.9 Å². The summed E-state index contributed by atoms with van der Waals surface area (Å²) in [6, 6.07) is 6.67. The van der Waals surface area contributed by atoms with Gasteiger partial charge in [-0.05, 0) is 24.3 Å². The van der Waals surface area contributed by atoms with Crippen molar-refractivity contribution < 1.29 is 23.4 Å². The lowest BCUT2D eigenvalue weighted by molar-refractivity contribution is 0.356. The second-order valence-electron chi connectivity index (χ2n) is 4.84. The van der Waals surface area contributed by atoms with Crippen molar-refractivity contribution in [1.29, 1.82) is 0 Å². The molecule has 3 rings (SSSR count). The molecule has 0 spiro atoms. The van der Waals surface area contributed by atoms with Gasteiger partial charge < -0.3 is 20.3 Å². The molecule has 132 valence electrons. The van der Waals surface area contributed by atoms with Gasteiger partial charge >= 0.3 is 0 Å². The first-order chi connectivity index (χ1) is 11.9. The fourth-order valence-electron chi connectivity index (χ4n) is 2.00. The second kappa shape index (κ2) is 7.85. The van der Waals surface area contributed by atoms with E-state index >= 15 is 0 Å². The first-order valence-corrected chi connectivity index (χ1v) is 7.35. The van der Waals surface area contributed by atoms with Gasteiger partial charge in [0, 0.05) is 11.5 Å². The molecule has 0 amide bonds. The summed E-state index contributed by atoms with van der Waals surface area (Å²) in [5.41, 5.74) is 6.25. The van der Waals surface area contributed by atoms with E-state index in [2.05, 4.69) is 4.98 Å². The number of aromatic hydroxyl groups is 1. The predicted molar refractivity (Wildman–Crippen MR) is 92.3 cm³/mol. The monoisotopic (exact) mass is 368 g/mol. The van der Waals surface area contributed by atoms with Gasteiger partial charge in [0.15, 0.2) is 17.3 Å². The summed E-state index contributed by atoms with van der Waals surface area (Å²) in [5.74, 6) is -0.0572. The molecule has 0 aliphatic heterocycles. The molecule has 1 aromatic heterocycles. The maximum atomic E-state index is 13.2. The number of phenols is 1. The van der Waals surface area contributed by atoms with Crippen molar-refractivity contribution in [2.24, 2.45) is 0 Å². The number of nitrogen functional groups attached to an aromatic ring is 1. The molecule has 0 aliphatic carbocycles. The standard InChI is InChI=1S/C11H11FN2O2.C6H4ClFO/c1-15-9-3-6-8(4-10(9)16-2)14-5-7(12)11(6)13;7-5-3-4(8)1-2-6(5)9/h3-5H,1-2H3,(H2,13,14);1-3,9H. The minimum Gasteiger partial charge on any atom is -0.506 e. The Hall–Kier alpha value is -2.80. The third-order valence-electron chi connectivity index (χ3n) is 3.28. The number of phenolic OH excluding ortho intramolecular Hbond substituents is 1. The molecule has 1 heterocycles. The minimum atomic E-state index is -0.542. The Bertz CT molecular complexity index is 907. The lowest BCUT2D eigenvalue weighted by Gasteiger charge is -2.10. The smallest absolute Gasteiger partial charge is 0.164 e. The number of hydrogen-bond donors (Lipinski definition) is 2. The third kappa shape index (κ3) is 4.19. The van der Waals surface area contributed by atoms with Gasteiger partial charge in [-0.25, -0.2) is 8.78 Å². The number of fused-ring (bicyclic) bond motifs is 1. The first-order valence-electron chi connectivity index (χ1n) is 6.97. The highest BCUT2D eigenvalue weighted by Crippen LogP contribution is 2.34. The summed E-state index contributed by atoms with van der Waals surface area (Å²) in [6.07, 6.45) is 1.09. The van der Waals surface area contributed by atoms with Gasteiger partial charge in [0.25, 0.3) is 0 Å². The van der Waals surface area contributed by atoms with Gasteiger partial charge in [0.2, 0.25) is 0 Å². The third-order valence-corrected chi connectivity index (χ3v) is 3.58. The van der Waals surface area contributed by atoms with E-state index < -0.39 is 11.6 Å². The molecular formula is C17H15ClF2N2O3. The number of nitrogens with two attached hydrogens (primary N) is 1. The maximum Gasteiger partial charge on any atom is 0.164 e. The Labute approximate surface area is 147 Å². The first kappa shape index (κ1) is 18.5. The summed E-state index contributed by atoms with van der Waals surface area (Å²) in [6.45, 7) is 0. The molecule has 0 unspecified atom stereocenters. The minimum absolute atomic E-state index is 0.0370. The molecule has 0 saturated carbocycles. The van der Waals surface area contributed by atoms with Crippen molar-refractivity contribution >= 4 is 28.2 Å². The molecule has 3 aromatic rings. The summed E-state index contributed by atoms with van der Waals surface area (Å²) in [5, 5.41) is 9.29. The highest BCUT2D eigenvalue weighted by atomic mass is 35.5. The van der Waals surface area contributed by atoms with Crippen molar-refractivity contribution in [1.82, 2.24) is 4.98 Å². The molecule has 0 radical (unpaired) electrons. The van der Waals surface area contributed by atoms with Crippen LogP contribution in [0.1, 0.15) is 0 Å². The van der Waals surface area contributed by atoms with Gasteiger partial charge in [-0.2, -0.15) is 0 Å². The van der Waals surface area contributed by atoms with Crippen LogP contribution in [0.25, 0.3) is 10.9 Å². The quantitative estimate of drug-likeness (QED) is 0.710. The Morgan fingerprint density at radius 3 is 2.28 bits per heavy atom. The number of ether oxygens (including phenoxy) is 2. The molecule has 2 aromatic carbocycles. The molecule has 5 nitrogen and oxygen atoms in total. The molecule has 8 heteroatoms. The number of methoxy groups -OCH3 is 2. The van der Waals surface area contributed by atoms with Crippen LogP contribution in [0.4, 0.5) is 14.5 Å². The Morgan fingerprint density at radius 2 is 1.72 bits per heavy atom. The zero-order chi connectivity index (χ0) is 18.6. The number of aromatic nitrogens is 1. The van der Waals surface area contributed by atoms with Crippen LogP contribution in [0.2, 0.25) is 5.02 Å². The number of anilines is 1. The van der Waals surface area contributed by atoms with Gasteiger partial charge in [0.1, 0.15) is 11.6 Å². The zero-order valence-electron chi connectivity index (χ0n) is 13.4. The normalized spacial score (nSPS) is 10.1. The van der Waals surface area contributed by atoms with E-state index in [1.54, 1.807) is 12.1 Å². The molecule has 25 heavy (non-hydrogen) atoms. The van der Waals surface area contributed by atoms with Gasteiger partial charge in [-0.1, -0.05) is 11.6 Å². The van der Waals surface area contributed by atoms with Crippen molar-refractivity contribution in [3.8, 4) is 17.2 Å². The average Bonchev–Trinajstić information content (AvgIpc) is 2.61. The van der Waals surface area contributed by atoms with Crippen molar-refractivity contribution in [3.05, 3.63) is 53.2 Å². The largest absolute Gasteiger partial charge is 0.506 e. The number of benzene rings is 2. The fourth-order valence-corrected chi connectivity index (χ4v) is 2.16. The van der Waals surface area contributed by atoms with Crippen LogP contribution in [0, 0.1) is 11.6 Å². The molecule has 0 bridgehead atoms. The summed E-state index contributed by atoms with van der Waals surface area (Å²) < 4.78 is 35.6. The number of hydrogen-bond acceptors (Lipinski definition) is 5. The van der Waals surface area contributed by atoms with Crippen LogP contribution >= 0.6 is 11.6 Å². The van der Waals surface area contributed by atoms with Crippen molar-refractivity contribution in [2.75, 3.05) is 20.0 Å². The van der Waals surface area contributed by atoms with E-state index in [0.717, 1.165) is 18.3 Å². The topological polar surface area (TPSA) is 77.6 Å². The van der Waals surface area contributed by atoms with Crippen molar-refractivity contribution in [3.63, 3.8) is 0 Å². The van der Waals surface area contributed by atoms with Crippen LogP contribution in [-0.2, 0) is 0 Å². The highest BCUT2D eigenvalue weighted by molar-refractivity contribution is 6.31. The Kier molecular flexibility index (Phi) is 5.82. The lowest BCUT2D eigenvalue weighted by Crippen LogP contribution is -1.96. The summed E-state index contributed by atoms with van der Waals surface area (Å²) in [4.78, 5) is 3.94. The van der Waals surface area contributed by atoms with Crippen molar-refractivity contribution in [2.45, 2.75) is 0 Å². The van der Waals surface area contributed by atoms with E-state index in [1.807, 2.05) is 0 Å². The van der Waals surface area contributed by atoms with E-state index in [-0.39, 0.29) is 16.5 Å². The van der Waals surface area contributed by atoms with Crippen LogP contribution in [0.3, 0.4) is 0 Å². The van der Waals surface area contributed by atoms with Gasteiger partial charge in [0.05, 0.1) is 36.6 Å². The van der Waals surface area contributed by atoms with Crippen LogP contribution in [0.15, 0.2) is 36.5 Å². The van der Waals surface area contributed by atoms with Gasteiger partial charge in [-0.3, -0.25) is 4.98 Å². The zero-order valence-corrected chi connectivity index (χ0v) is 14.1. The SMILES string of the molecule is COc1cc2ncc(F)c(N)c2cc1OC.Oc1ccc(F)cc1Cl. The molecule has 0 saturated heterocycles. The fraction of sp³-hybridized carbons (Fsp3) is 0.118. The second-order valence-corrected chi connectivity index (χ2v) is 5.25. The van der Waals surface area contributed by atoms with Gasteiger partial charge in [-0.15, -0.1) is 0 Å². The molecule has 0 atom stereocenters. The summed E-state index contributed by atoms with van der Waals surface area (Å²) in [7, 11) is 3.03. The molecule has 0 aliphatic rings. The van der Waals surface area contributed by atoms with Crippen LogP contribution < -0.4 is 15.2 Å². The lowest BCUT2D eigenvalue weighted by atomic mass is 10.1. The van der Waals surface area contributed by atoms with Crippen LogP contribution in [0.5, 0.6) is 17.2 Å². The Morgan fingerprint density at radius 1 is 1.08 bits per heavy atom. The molecular weight excluding hydrogens is 354 g/mol. The van der Waals surface area contributed by atoms with E-state index in [0.29, 0.717) is 22.4 Å². The number of halogens is 3. The number of pyridine rings is 1. The highest BCUT2D eigenvalue weighted by Gasteiger charge is 2.11. The Balaban J connectivity index is 0.000000212. The predicted octanol–water partition coefficient (Wildman–Crippen LogP) is 4.16.